The van der Waals surface area contributed by atoms with Crippen LogP contribution < -0.4 is 5.32 Å². The van der Waals surface area contributed by atoms with Gasteiger partial charge < -0.3 is 20.1 Å². The highest BCUT2D eigenvalue weighted by Gasteiger charge is 2.22. The molecule has 0 bridgehead atoms. The van der Waals surface area contributed by atoms with E-state index in [1.807, 2.05) is 0 Å². The maximum absolute atomic E-state index is 11.7. The van der Waals surface area contributed by atoms with Crippen LogP contribution in [0.2, 0.25) is 0 Å². The zero-order valence-electron chi connectivity index (χ0n) is 12.8. The lowest BCUT2D eigenvalue weighted by atomic mass is 10.1. The average molecular weight is 323 g/mol. The van der Waals surface area contributed by atoms with Crippen molar-refractivity contribution in [3.8, 4) is 0 Å². The summed E-state index contributed by atoms with van der Waals surface area (Å²) >= 11 is 0. The molecule has 1 aliphatic rings. The highest BCUT2D eigenvalue weighted by molar-refractivity contribution is 5.91. The van der Waals surface area contributed by atoms with E-state index < -0.39 is 18.2 Å². The molecule has 2 atom stereocenters. The molecule has 1 aliphatic heterocycles. The predicted molar refractivity (Wildman–Crippen MR) is 82.5 cm³/mol. The maximum Gasteiger partial charge on any atom is 0.268 e. The fourth-order valence-electron chi connectivity index (χ4n) is 2.18. The summed E-state index contributed by atoms with van der Waals surface area (Å²) in [6.07, 6.45) is 4.41. The van der Waals surface area contributed by atoms with Crippen molar-refractivity contribution >= 4 is 30.7 Å². The molecule has 0 saturated heterocycles. The molecule has 0 radical (unpaired) electrons. The Kier molecular flexibility index (Phi) is 7.82. The maximum atomic E-state index is 11.7. The highest BCUT2D eigenvalue weighted by atomic mass is 16.3. The second-order valence-corrected chi connectivity index (χ2v) is 5.13. The lowest BCUT2D eigenvalue weighted by molar-refractivity contribution is -0.131. The number of aliphatic hydroxyl groups is 1. The van der Waals surface area contributed by atoms with Crippen LogP contribution in [-0.4, -0.2) is 59.5 Å². The van der Waals surface area contributed by atoms with E-state index in [4.69, 9.17) is 0 Å². The number of nitrogens with zero attached hydrogens (tertiary/aromatic N) is 2. The molecule has 2 N–H and O–H groups in total. The number of rotatable bonds is 10. The minimum atomic E-state index is -0.957. The Morgan fingerprint density at radius 1 is 1.43 bits per heavy atom. The van der Waals surface area contributed by atoms with Gasteiger partial charge in [-0.15, -0.1) is 0 Å². The zero-order valence-corrected chi connectivity index (χ0v) is 12.8. The third-order valence-corrected chi connectivity index (χ3v) is 3.44. The molecule has 1 rings (SSSR count). The van der Waals surface area contributed by atoms with Gasteiger partial charge in [-0.1, -0.05) is 6.42 Å². The van der Waals surface area contributed by atoms with E-state index in [2.05, 4.69) is 17.0 Å². The van der Waals surface area contributed by atoms with Crippen molar-refractivity contribution in [2.75, 3.05) is 6.54 Å². The van der Waals surface area contributed by atoms with Gasteiger partial charge in [-0.25, -0.2) is 4.99 Å². The molecule has 126 valence electrons. The molecule has 1 heterocycles. The van der Waals surface area contributed by atoms with Gasteiger partial charge in [0.1, 0.15) is 18.6 Å². The summed E-state index contributed by atoms with van der Waals surface area (Å²) in [5.74, 6) is -1.20. The van der Waals surface area contributed by atoms with Crippen LogP contribution in [0.5, 0.6) is 0 Å². The fourth-order valence-corrected chi connectivity index (χ4v) is 2.18. The van der Waals surface area contributed by atoms with Gasteiger partial charge in [0.2, 0.25) is 11.8 Å². The Morgan fingerprint density at radius 2 is 2.17 bits per heavy atom. The monoisotopic (exact) mass is 323 g/mol. The predicted octanol–water partition coefficient (Wildman–Crippen LogP) is -0.435. The van der Waals surface area contributed by atoms with Gasteiger partial charge >= 0.3 is 0 Å². The lowest BCUT2D eigenvalue weighted by Gasteiger charge is -2.20. The highest BCUT2D eigenvalue weighted by Crippen LogP contribution is 2.11. The van der Waals surface area contributed by atoms with Gasteiger partial charge in [-0.3, -0.25) is 14.4 Å². The van der Waals surface area contributed by atoms with Crippen LogP contribution in [0, 0.1) is 0 Å². The molecule has 8 heteroatoms. The number of amides is 3. The van der Waals surface area contributed by atoms with Crippen LogP contribution in [0.25, 0.3) is 0 Å². The molecule has 1 unspecified atom stereocenters. The summed E-state index contributed by atoms with van der Waals surface area (Å²) in [6.45, 7) is 3.50. The van der Waals surface area contributed by atoms with Gasteiger partial charge in [-0.05, 0) is 25.6 Å². The van der Waals surface area contributed by atoms with E-state index in [1.54, 1.807) is 0 Å². The van der Waals surface area contributed by atoms with Crippen molar-refractivity contribution in [3.63, 3.8) is 0 Å². The van der Waals surface area contributed by atoms with Crippen LogP contribution in [0.1, 0.15) is 32.1 Å². The number of aliphatic imine (C=N–C) groups is 1. The first-order chi connectivity index (χ1) is 11.0. The molecule has 0 aromatic rings. The summed E-state index contributed by atoms with van der Waals surface area (Å²) in [5.41, 5.74) is 0. The molecule has 0 fully saturated rings. The molecule has 0 spiro atoms. The quantitative estimate of drug-likeness (QED) is 0.321. The van der Waals surface area contributed by atoms with Crippen molar-refractivity contribution < 1.29 is 24.3 Å². The minimum Gasteiger partial charge on any atom is -0.370 e. The smallest absolute Gasteiger partial charge is 0.268 e. The molecule has 0 aliphatic carbocycles. The minimum absolute atomic E-state index is 0.133. The number of hydrogen-bond donors (Lipinski definition) is 2. The largest absolute Gasteiger partial charge is 0.370 e. The van der Waals surface area contributed by atoms with Crippen molar-refractivity contribution in [1.29, 1.82) is 0 Å². The van der Waals surface area contributed by atoms with E-state index in [0.717, 1.165) is 0 Å². The Bertz CT molecular complexity index is 503. The van der Waals surface area contributed by atoms with Gasteiger partial charge in [0.15, 0.2) is 0 Å². The van der Waals surface area contributed by atoms with Crippen molar-refractivity contribution in [1.82, 2.24) is 10.2 Å². The Labute approximate surface area is 134 Å². The number of carbonyl (C=O) groups excluding carboxylic acids is 4. The first-order valence-corrected chi connectivity index (χ1v) is 7.40. The molecule has 23 heavy (non-hydrogen) atoms. The van der Waals surface area contributed by atoms with Crippen LogP contribution in [0.4, 0.5) is 0 Å². The van der Waals surface area contributed by atoms with Crippen molar-refractivity contribution in [2.45, 2.75) is 44.4 Å². The summed E-state index contributed by atoms with van der Waals surface area (Å²) in [4.78, 5) is 49.5. The van der Waals surface area contributed by atoms with E-state index in [9.17, 15) is 24.3 Å². The topological polar surface area (TPSA) is 116 Å². The standard InChI is InChI=1S/C15H21N3O5/c1-16-15(23)11(8-10-19)17-12(20)5-3-2-4-9-18-13(21)6-7-14(18)22/h6-7,10-11,13,21H,1-5,8-9H2,(H,17,20)/t11-,13?/m0/s1. The number of aldehydes is 1. The first-order valence-electron chi connectivity index (χ1n) is 7.40. The number of nitrogens with one attached hydrogen (secondary N) is 1. The SMILES string of the molecule is C=NC(=O)[C@H](CC=O)NC(=O)CCCCCN1C(=O)C=CC1O. The van der Waals surface area contributed by atoms with Gasteiger partial charge in [0, 0.05) is 25.5 Å². The van der Waals surface area contributed by atoms with Crippen LogP contribution >= 0.6 is 0 Å². The van der Waals surface area contributed by atoms with Crippen molar-refractivity contribution in [2.24, 2.45) is 4.99 Å². The summed E-state index contributed by atoms with van der Waals surface area (Å²) in [6, 6.07) is -0.957. The Balaban J connectivity index is 2.20. The van der Waals surface area contributed by atoms with Gasteiger partial charge in [-0.2, -0.15) is 0 Å². The molecule has 0 saturated carbocycles. The van der Waals surface area contributed by atoms with Crippen molar-refractivity contribution in [3.05, 3.63) is 12.2 Å². The number of carbonyl (C=O) groups is 4. The number of aliphatic hydroxyl groups excluding tert-OH is 1. The summed E-state index contributed by atoms with van der Waals surface area (Å²) in [7, 11) is 0. The van der Waals surface area contributed by atoms with Gasteiger partial charge in [0.25, 0.3) is 5.91 Å². The summed E-state index contributed by atoms with van der Waals surface area (Å²) < 4.78 is 0. The molecular formula is C15H21N3O5. The fraction of sp³-hybridized carbons (Fsp3) is 0.533. The van der Waals surface area contributed by atoms with Crippen LogP contribution in [0.15, 0.2) is 17.1 Å². The van der Waals surface area contributed by atoms with Gasteiger partial charge in [0.05, 0.1) is 0 Å². The van der Waals surface area contributed by atoms with E-state index >= 15 is 0 Å². The number of hydrogen-bond acceptors (Lipinski definition) is 5. The normalized spacial score (nSPS) is 17.9. The Morgan fingerprint density at radius 3 is 2.74 bits per heavy atom. The zero-order chi connectivity index (χ0) is 17.2. The second-order valence-electron chi connectivity index (χ2n) is 5.13. The molecular weight excluding hydrogens is 302 g/mol. The van der Waals surface area contributed by atoms with Crippen LogP contribution in [-0.2, 0) is 19.2 Å². The summed E-state index contributed by atoms with van der Waals surface area (Å²) in [5, 5.41) is 12.0. The average Bonchev–Trinajstić information content (AvgIpc) is 2.85. The third kappa shape index (κ3) is 6.11. The molecule has 3 amide bonds. The molecule has 8 nitrogen and oxygen atoms in total. The first kappa shape index (κ1) is 18.7. The van der Waals surface area contributed by atoms with E-state index in [-0.39, 0.29) is 24.7 Å². The Hall–Kier alpha value is -2.35. The second kappa shape index (κ2) is 9.62. The molecule has 0 aromatic heterocycles. The van der Waals surface area contributed by atoms with E-state index in [0.29, 0.717) is 32.1 Å². The van der Waals surface area contributed by atoms with Crippen LogP contribution in [0.3, 0.4) is 0 Å². The lowest BCUT2D eigenvalue weighted by Crippen LogP contribution is -2.40. The molecule has 0 aromatic carbocycles. The van der Waals surface area contributed by atoms with E-state index in [1.165, 1.54) is 17.1 Å². The number of unbranched alkanes of at least 4 members (excludes halogenated alkanes) is 2. The third-order valence-electron chi connectivity index (χ3n) is 3.44.